The van der Waals surface area contributed by atoms with Crippen LogP contribution in [0.15, 0.2) is 18.2 Å². The molecule has 0 N–H and O–H groups in total. The highest BCUT2D eigenvalue weighted by Crippen LogP contribution is 2.22. The summed E-state index contributed by atoms with van der Waals surface area (Å²) in [5.41, 5.74) is 1.51. The predicted molar refractivity (Wildman–Crippen MR) is 96.2 cm³/mol. The molecule has 0 aliphatic carbocycles. The lowest BCUT2D eigenvalue weighted by Crippen LogP contribution is -2.35. The molecule has 6 nitrogen and oxygen atoms in total. The zero-order valence-electron chi connectivity index (χ0n) is 13.6. The third-order valence-corrected chi connectivity index (χ3v) is 4.52. The average Bonchev–Trinajstić information content (AvgIpc) is 3.05. The van der Waals surface area contributed by atoms with Crippen molar-refractivity contribution < 1.29 is 9.53 Å². The summed E-state index contributed by atoms with van der Waals surface area (Å²) in [4.78, 5) is 13.9. The summed E-state index contributed by atoms with van der Waals surface area (Å²) in [6.45, 7) is 7.89. The molecular formula is C16H21IN4O2. The van der Waals surface area contributed by atoms with E-state index in [-0.39, 0.29) is 6.09 Å². The van der Waals surface area contributed by atoms with Crippen molar-refractivity contribution >= 4 is 39.7 Å². The SMILES string of the molecule is CC(C)(C)OC(=O)N1CCC(Cn2nnc3cc(I)ccc32)C1. The molecule has 1 aromatic carbocycles. The number of carbonyl (C=O) groups excluding carboxylic acids is 1. The van der Waals surface area contributed by atoms with Gasteiger partial charge in [0.15, 0.2) is 0 Å². The minimum Gasteiger partial charge on any atom is -0.444 e. The van der Waals surface area contributed by atoms with Gasteiger partial charge in [-0.2, -0.15) is 0 Å². The van der Waals surface area contributed by atoms with Gasteiger partial charge in [0.25, 0.3) is 0 Å². The summed E-state index contributed by atoms with van der Waals surface area (Å²) in [6, 6.07) is 6.14. The average molecular weight is 428 g/mol. The topological polar surface area (TPSA) is 60.2 Å². The third kappa shape index (κ3) is 3.94. The van der Waals surface area contributed by atoms with Gasteiger partial charge < -0.3 is 9.64 Å². The standard InChI is InChI=1S/C16H21IN4O2/c1-16(2,3)23-15(22)20-7-6-11(9-20)10-21-14-5-4-12(17)8-13(14)18-19-21/h4-5,8,11H,6-7,9-10H2,1-3H3. The van der Waals surface area contributed by atoms with E-state index in [1.54, 1.807) is 4.90 Å². The van der Waals surface area contributed by atoms with Gasteiger partial charge in [0.05, 0.1) is 5.52 Å². The predicted octanol–water partition coefficient (Wildman–Crippen LogP) is 3.29. The molecule has 1 saturated heterocycles. The van der Waals surface area contributed by atoms with E-state index in [2.05, 4.69) is 45.0 Å². The molecule has 1 fully saturated rings. The van der Waals surface area contributed by atoms with Gasteiger partial charge in [-0.05, 0) is 73.9 Å². The van der Waals surface area contributed by atoms with Crippen LogP contribution in [0.4, 0.5) is 4.79 Å². The second-order valence-corrected chi connectivity index (χ2v) is 8.23. The molecule has 1 aliphatic rings. The number of ether oxygens (including phenoxy) is 1. The first-order valence-corrected chi connectivity index (χ1v) is 8.86. The molecule has 0 saturated carbocycles. The van der Waals surface area contributed by atoms with Gasteiger partial charge in [-0.3, -0.25) is 0 Å². The van der Waals surface area contributed by atoms with E-state index in [1.807, 2.05) is 31.5 Å². The summed E-state index contributed by atoms with van der Waals surface area (Å²) in [7, 11) is 0. The Morgan fingerprint density at radius 1 is 1.43 bits per heavy atom. The van der Waals surface area contributed by atoms with Crippen LogP contribution in [-0.4, -0.2) is 44.7 Å². The molecule has 1 amide bonds. The lowest BCUT2D eigenvalue weighted by Gasteiger charge is -2.24. The van der Waals surface area contributed by atoms with Crippen LogP contribution in [0.3, 0.4) is 0 Å². The minimum atomic E-state index is -0.450. The molecule has 1 aromatic heterocycles. The maximum absolute atomic E-state index is 12.1. The Morgan fingerprint density at radius 3 is 2.96 bits per heavy atom. The fourth-order valence-corrected chi connectivity index (χ4v) is 3.27. The monoisotopic (exact) mass is 428 g/mol. The highest BCUT2D eigenvalue weighted by atomic mass is 127. The van der Waals surface area contributed by atoms with Crippen molar-refractivity contribution in [3.63, 3.8) is 0 Å². The zero-order valence-corrected chi connectivity index (χ0v) is 15.8. The van der Waals surface area contributed by atoms with Crippen LogP contribution in [0, 0.1) is 9.49 Å². The molecule has 1 aliphatic heterocycles. The summed E-state index contributed by atoms with van der Waals surface area (Å²) in [5, 5.41) is 8.48. The van der Waals surface area contributed by atoms with Gasteiger partial charge in [0, 0.05) is 23.2 Å². The Balaban J connectivity index is 1.64. The number of rotatable bonds is 2. The quantitative estimate of drug-likeness (QED) is 0.689. The van der Waals surface area contributed by atoms with E-state index in [0.29, 0.717) is 12.5 Å². The van der Waals surface area contributed by atoms with E-state index >= 15 is 0 Å². The van der Waals surface area contributed by atoms with Crippen LogP contribution in [0.1, 0.15) is 27.2 Å². The number of aromatic nitrogens is 3. The number of carbonyl (C=O) groups is 1. The van der Waals surface area contributed by atoms with Crippen LogP contribution in [-0.2, 0) is 11.3 Å². The van der Waals surface area contributed by atoms with Crippen molar-refractivity contribution in [3.05, 3.63) is 21.8 Å². The molecule has 0 spiro atoms. The Kier molecular flexibility index (Phi) is 4.48. The zero-order chi connectivity index (χ0) is 16.6. The highest BCUT2D eigenvalue weighted by Gasteiger charge is 2.30. The fraction of sp³-hybridized carbons (Fsp3) is 0.562. The molecule has 0 radical (unpaired) electrons. The molecule has 0 bridgehead atoms. The highest BCUT2D eigenvalue weighted by molar-refractivity contribution is 14.1. The molecule has 2 heterocycles. The van der Waals surface area contributed by atoms with Crippen molar-refractivity contribution in [2.24, 2.45) is 5.92 Å². The number of likely N-dealkylation sites (tertiary alicyclic amines) is 1. The van der Waals surface area contributed by atoms with Gasteiger partial charge in [-0.15, -0.1) is 5.10 Å². The molecule has 7 heteroatoms. The van der Waals surface area contributed by atoms with Gasteiger partial charge in [0.1, 0.15) is 11.1 Å². The van der Waals surface area contributed by atoms with E-state index < -0.39 is 5.60 Å². The Morgan fingerprint density at radius 2 is 2.22 bits per heavy atom. The third-order valence-electron chi connectivity index (χ3n) is 3.84. The van der Waals surface area contributed by atoms with Crippen molar-refractivity contribution in [1.82, 2.24) is 19.9 Å². The number of hydrogen-bond acceptors (Lipinski definition) is 4. The fourth-order valence-electron chi connectivity index (χ4n) is 2.80. The van der Waals surface area contributed by atoms with Crippen LogP contribution in [0.2, 0.25) is 0 Å². The Hall–Kier alpha value is -1.38. The van der Waals surface area contributed by atoms with Crippen molar-refractivity contribution in [2.75, 3.05) is 13.1 Å². The van der Waals surface area contributed by atoms with Crippen molar-refractivity contribution in [3.8, 4) is 0 Å². The smallest absolute Gasteiger partial charge is 0.410 e. The number of hydrogen-bond donors (Lipinski definition) is 0. The normalized spacial score (nSPS) is 18.6. The maximum Gasteiger partial charge on any atom is 0.410 e. The van der Waals surface area contributed by atoms with Gasteiger partial charge in [-0.1, -0.05) is 5.21 Å². The van der Waals surface area contributed by atoms with Crippen molar-refractivity contribution in [2.45, 2.75) is 39.3 Å². The minimum absolute atomic E-state index is 0.224. The summed E-state index contributed by atoms with van der Waals surface area (Å²) in [6.07, 6.45) is 0.739. The van der Waals surface area contributed by atoms with E-state index in [9.17, 15) is 4.79 Å². The van der Waals surface area contributed by atoms with Gasteiger partial charge >= 0.3 is 6.09 Å². The first-order chi connectivity index (χ1) is 10.8. The molecular weight excluding hydrogens is 407 g/mol. The maximum atomic E-state index is 12.1. The molecule has 124 valence electrons. The summed E-state index contributed by atoms with van der Waals surface area (Å²) >= 11 is 2.27. The van der Waals surface area contributed by atoms with Gasteiger partial charge in [-0.25, -0.2) is 9.48 Å². The Labute approximate surface area is 149 Å². The summed E-state index contributed by atoms with van der Waals surface area (Å²) in [5.74, 6) is 0.381. The van der Waals surface area contributed by atoms with Crippen LogP contribution in [0.25, 0.3) is 11.0 Å². The van der Waals surface area contributed by atoms with E-state index in [1.165, 1.54) is 0 Å². The summed E-state index contributed by atoms with van der Waals surface area (Å²) < 4.78 is 8.53. The molecule has 23 heavy (non-hydrogen) atoms. The largest absolute Gasteiger partial charge is 0.444 e. The van der Waals surface area contributed by atoms with Crippen molar-refractivity contribution in [1.29, 1.82) is 0 Å². The molecule has 1 atom stereocenters. The Bertz CT molecular complexity index is 722. The second kappa shape index (κ2) is 6.26. The van der Waals surface area contributed by atoms with E-state index in [4.69, 9.17) is 4.74 Å². The first-order valence-electron chi connectivity index (χ1n) is 7.78. The number of halogens is 1. The van der Waals surface area contributed by atoms with Crippen LogP contribution >= 0.6 is 22.6 Å². The second-order valence-electron chi connectivity index (χ2n) is 6.99. The van der Waals surface area contributed by atoms with E-state index in [0.717, 1.165) is 34.1 Å². The lowest BCUT2D eigenvalue weighted by molar-refractivity contribution is 0.0287. The first kappa shape index (κ1) is 16.5. The molecule has 1 unspecified atom stereocenters. The lowest BCUT2D eigenvalue weighted by atomic mass is 10.1. The number of benzene rings is 1. The van der Waals surface area contributed by atoms with Crippen LogP contribution < -0.4 is 0 Å². The van der Waals surface area contributed by atoms with Crippen LogP contribution in [0.5, 0.6) is 0 Å². The number of nitrogens with zero attached hydrogens (tertiary/aromatic N) is 4. The number of fused-ring (bicyclic) bond motifs is 1. The van der Waals surface area contributed by atoms with Gasteiger partial charge in [0.2, 0.25) is 0 Å². The molecule has 3 rings (SSSR count). The molecule has 2 aromatic rings. The number of amides is 1.